The van der Waals surface area contributed by atoms with Crippen LogP contribution in [0.1, 0.15) is 30.6 Å². The number of hydrogen-bond acceptors (Lipinski definition) is 6. The Morgan fingerprint density at radius 1 is 1.63 bits per heavy atom. The van der Waals surface area contributed by atoms with Crippen LogP contribution >= 0.6 is 11.5 Å². The molecule has 4 N–H and O–H groups in total. The summed E-state index contributed by atoms with van der Waals surface area (Å²) in [6.07, 6.45) is 1.05. The maximum Gasteiger partial charge on any atom is 0.258 e. The van der Waals surface area contributed by atoms with E-state index in [0.29, 0.717) is 11.5 Å². The van der Waals surface area contributed by atoms with Crippen molar-refractivity contribution in [2.75, 3.05) is 30.8 Å². The zero-order valence-corrected chi connectivity index (χ0v) is 12.0. The molecule has 1 fully saturated rings. The van der Waals surface area contributed by atoms with E-state index >= 15 is 0 Å². The van der Waals surface area contributed by atoms with Crippen LogP contribution in [0.3, 0.4) is 0 Å². The predicted molar refractivity (Wildman–Crippen MR) is 76.5 cm³/mol. The molecule has 0 radical (unpaired) electrons. The van der Waals surface area contributed by atoms with Crippen LogP contribution in [0.2, 0.25) is 0 Å². The fourth-order valence-corrected chi connectivity index (χ4v) is 2.68. The van der Waals surface area contributed by atoms with Crippen molar-refractivity contribution in [3.63, 3.8) is 0 Å². The minimum atomic E-state index is -0.175. The molecular formula is C12H20N4O2S. The third kappa shape index (κ3) is 3.57. The van der Waals surface area contributed by atoms with Crippen molar-refractivity contribution < 1.29 is 9.53 Å². The number of carbonyl (C=O) groups excluding carboxylic acids is 1. The number of nitrogens with zero attached hydrogens (tertiary/aromatic N) is 1. The first-order chi connectivity index (χ1) is 9.08. The number of ether oxygens (including phenoxy) is 1. The molecule has 2 rings (SSSR count). The summed E-state index contributed by atoms with van der Waals surface area (Å²) < 4.78 is 9.38. The molecule has 1 aliphatic rings. The lowest BCUT2D eigenvalue weighted by atomic mass is 10.1. The van der Waals surface area contributed by atoms with E-state index in [1.54, 1.807) is 0 Å². The largest absolute Gasteiger partial charge is 0.382 e. The number of rotatable bonds is 5. The van der Waals surface area contributed by atoms with Gasteiger partial charge in [-0.1, -0.05) is 0 Å². The van der Waals surface area contributed by atoms with Gasteiger partial charge in [0.05, 0.1) is 6.61 Å². The second-order valence-electron chi connectivity index (χ2n) is 5.01. The van der Waals surface area contributed by atoms with Crippen molar-refractivity contribution in [3.05, 3.63) is 5.56 Å². The summed E-state index contributed by atoms with van der Waals surface area (Å²) in [5.41, 5.74) is 6.23. The van der Waals surface area contributed by atoms with Crippen molar-refractivity contribution in [1.29, 1.82) is 0 Å². The van der Waals surface area contributed by atoms with E-state index in [4.69, 9.17) is 10.5 Å². The molecule has 19 heavy (non-hydrogen) atoms. The number of nitrogens with one attached hydrogen (secondary N) is 2. The van der Waals surface area contributed by atoms with Gasteiger partial charge in [-0.2, -0.15) is 4.37 Å². The molecular weight excluding hydrogens is 264 g/mol. The van der Waals surface area contributed by atoms with E-state index in [1.165, 1.54) is 11.5 Å². The van der Waals surface area contributed by atoms with Crippen LogP contribution < -0.4 is 16.4 Å². The molecule has 7 heteroatoms. The average molecular weight is 284 g/mol. The highest BCUT2D eigenvalue weighted by molar-refractivity contribution is 7.11. The van der Waals surface area contributed by atoms with Gasteiger partial charge >= 0.3 is 0 Å². The lowest BCUT2D eigenvalue weighted by Gasteiger charge is -2.12. The molecule has 2 heterocycles. The quantitative estimate of drug-likeness (QED) is 0.758. The number of aromatic nitrogens is 1. The van der Waals surface area contributed by atoms with Gasteiger partial charge in [0.2, 0.25) is 0 Å². The summed E-state index contributed by atoms with van der Waals surface area (Å²) >= 11 is 1.23. The van der Waals surface area contributed by atoms with Gasteiger partial charge in [0.1, 0.15) is 10.6 Å². The second kappa shape index (κ2) is 6.21. The Bertz CT molecular complexity index is 441. The SMILES string of the molecule is CC(C)NC(=O)c1c(N)nsc1NCC1CCOC1. The molecule has 1 atom stereocenters. The van der Waals surface area contributed by atoms with Crippen molar-refractivity contribution in [1.82, 2.24) is 9.69 Å². The van der Waals surface area contributed by atoms with E-state index in [2.05, 4.69) is 15.0 Å². The molecule has 1 unspecified atom stereocenters. The van der Waals surface area contributed by atoms with Gasteiger partial charge in [0.25, 0.3) is 5.91 Å². The molecule has 0 aliphatic carbocycles. The van der Waals surface area contributed by atoms with Crippen LogP contribution in [0.5, 0.6) is 0 Å². The van der Waals surface area contributed by atoms with Gasteiger partial charge in [-0.05, 0) is 31.8 Å². The van der Waals surface area contributed by atoms with Gasteiger partial charge in [-0.3, -0.25) is 4.79 Å². The van der Waals surface area contributed by atoms with Gasteiger partial charge < -0.3 is 21.1 Å². The van der Waals surface area contributed by atoms with E-state index < -0.39 is 0 Å². The van der Waals surface area contributed by atoms with Crippen LogP contribution in [-0.4, -0.2) is 36.1 Å². The summed E-state index contributed by atoms with van der Waals surface area (Å²) in [5, 5.41) is 6.84. The average Bonchev–Trinajstić information content (AvgIpc) is 2.94. The van der Waals surface area contributed by atoms with Crippen LogP contribution in [-0.2, 0) is 4.74 Å². The van der Waals surface area contributed by atoms with Crippen molar-refractivity contribution in [2.24, 2.45) is 5.92 Å². The summed E-state index contributed by atoms with van der Waals surface area (Å²) in [6, 6.07) is 0.0721. The Balaban J connectivity index is 2.01. The maximum absolute atomic E-state index is 12.1. The predicted octanol–water partition coefficient (Wildman–Crippen LogP) is 1.31. The highest BCUT2D eigenvalue weighted by Crippen LogP contribution is 2.27. The minimum absolute atomic E-state index is 0.0721. The van der Waals surface area contributed by atoms with Crippen LogP contribution in [0.15, 0.2) is 0 Å². The number of nitrogen functional groups attached to an aromatic ring is 1. The molecule has 0 aromatic carbocycles. The standard InChI is InChI=1S/C12H20N4O2S/c1-7(2)15-11(17)9-10(13)16-19-12(9)14-5-8-3-4-18-6-8/h7-8,14H,3-6H2,1-2H3,(H2,13,16)(H,15,17). The molecule has 106 valence electrons. The Kier molecular flexibility index (Phi) is 4.60. The van der Waals surface area contributed by atoms with Crippen molar-refractivity contribution in [2.45, 2.75) is 26.3 Å². The monoisotopic (exact) mass is 284 g/mol. The molecule has 1 aliphatic heterocycles. The fourth-order valence-electron chi connectivity index (χ4n) is 1.96. The minimum Gasteiger partial charge on any atom is -0.382 e. The molecule has 1 saturated heterocycles. The summed E-state index contributed by atoms with van der Waals surface area (Å²) in [6.45, 7) is 6.20. The number of nitrogens with two attached hydrogens (primary N) is 1. The van der Waals surface area contributed by atoms with Gasteiger partial charge in [0.15, 0.2) is 5.82 Å². The first kappa shape index (κ1) is 14.1. The van der Waals surface area contributed by atoms with Crippen molar-refractivity contribution >= 4 is 28.3 Å². The van der Waals surface area contributed by atoms with Crippen molar-refractivity contribution in [3.8, 4) is 0 Å². The highest BCUT2D eigenvalue weighted by Gasteiger charge is 2.21. The summed E-state index contributed by atoms with van der Waals surface area (Å²) in [5.74, 6) is 0.601. The Morgan fingerprint density at radius 3 is 3.05 bits per heavy atom. The molecule has 6 nitrogen and oxygen atoms in total. The molecule has 0 bridgehead atoms. The van der Waals surface area contributed by atoms with Crippen LogP contribution in [0, 0.1) is 5.92 Å². The van der Waals surface area contributed by atoms with Crippen LogP contribution in [0.4, 0.5) is 10.8 Å². The number of carbonyl (C=O) groups is 1. The third-order valence-corrected chi connectivity index (χ3v) is 3.76. The zero-order valence-electron chi connectivity index (χ0n) is 11.2. The van der Waals surface area contributed by atoms with Crippen LogP contribution in [0.25, 0.3) is 0 Å². The summed E-state index contributed by atoms with van der Waals surface area (Å²) in [4.78, 5) is 12.1. The molecule has 1 amide bonds. The Labute approximate surface area is 116 Å². The molecule has 1 aromatic heterocycles. The molecule has 0 saturated carbocycles. The number of amides is 1. The van der Waals surface area contributed by atoms with E-state index in [-0.39, 0.29) is 17.8 Å². The molecule has 1 aromatic rings. The van der Waals surface area contributed by atoms with E-state index in [9.17, 15) is 4.79 Å². The lowest BCUT2D eigenvalue weighted by Crippen LogP contribution is -2.31. The summed E-state index contributed by atoms with van der Waals surface area (Å²) in [7, 11) is 0. The normalized spacial score (nSPS) is 18.8. The lowest BCUT2D eigenvalue weighted by molar-refractivity contribution is 0.0945. The zero-order chi connectivity index (χ0) is 13.8. The number of hydrogen-bond donors (Lipinski definition) is 3. The fraction of sp³-hybridized carbons (Fsp3) is 0.667. The molecule has 0 spiro atoms. The van der Waals surface area contributed by atoms with E-state index in [1.807, 2.05) is 13.8 Å². The Hall–Kier alpha value is -1.34. The smallest absolute Gasteiger partial charge is 0.258 e. The Morgan fingerprint density at radius 2 is 2.42 bits per heavy atom. The van der Waals surface area contributed by atoms with E-state index in [0.717, 1.165) is 31.2 Å². The highest BCUT2D eigenvalue weighted by atomic mass is 32.1. The van der Waals surface area contributed by atoms with Gasteiger partial charge in [-0.15, -0.1) is 0 Å². The van der Waals surface area contributed by atoms with Gasteiger partial charge in [-0.25, -0.2) is 0 Å². The second-order valence-corrected chi connectivity index (χ2v) is 5.78. The number of anilines is 2. The first-order valence-electron chi connectivity index (χ1n) is 6.45. The maximum atomic E-state index is 12.1. The third-order valence-electron chi connectivity index (χ3n) is 2.94. The topological polar surface area (TPSA) is 89.3 Å². The van der Waals surface area contributed by atoms with Gasteiger partial charge in [0, 0.05) is 25.1 Å². The first-order valence-corrected chi connectivity index (χ1v) is 7.23.